The summed E-state index contributed by atoms with van der Waals surface area (Å²) in [6, 6.07) is 1.93. The van der Waals surface area contributed by atoms with Gasteiger partial charge in [-0.2, -0.15) is 11.3 Å². The summed E-state index contributed by atoms with van der Waals surface area (Å²) in [5.74, 6) is -3.33. The third-order valence-corrected chi connectivity index (χ3v) is 6.51. The Morgan fingerprint density at radius 2 is 2.08 bits per heavy atom. The second-order valence-corrected chi connectivity index (χ2v) is 8.29. The van der Waals surface area contributed by atoms with Gasteiger partial charge in [0.1, 0.15) is 0 Å². The highest BCUT2D eigenvalue weighted by atomic mass is 32.1. The van der Waals surface area contributed by atoms with Crippen molar-refractivity contribution in [2.45, 2.75) is 30.7 Å². The fourth-order valence-electron chi connectivity index (χ4n) is 4.18. The van der Waals surface area contributed by atoms with Crippen molar-refractivity contribution in [1.82, 2.24) is 9.80 Å². The number of alkyl halides is 2. The fourth-order valence-corrected chi connectivity index (χ4v) is 4.83. The van der Waals surface area contributed by atoms with Gasteiger partial charge in [0.25, 0.3) is 0 Å². The highest BCUT2D eigenvalue weighted by Gasteiger charge is 2.53. The van der Waals surface area contributed by atoms with Gasteiger partial charge in [0.2, 0.25) is 17.7 Å². The Kier molecular flexibility index (Phi) is 3.88. The topological polar surface area (TPSA) is 43.9 Å². The smallest absolute Gasteiger partial charge is 0.249 e. The number of anilines is 1. The number of hydrogen-bond acceptors (Lipinski definition) is 4. The lowest BCUT2D eigenvalue weighted by molar-refractivity contribution is -0.159. The summed E-state index contributed by atoms with van der Waals surface area (Å²) in [5, 5.41) is 3.89. The molecule has 0 bridgehead atoms. The molecule has 0 aromatic carbocycles. The van der Waals surface area contributed by atoms with E-state index in [-0.39, 0.29) is 30.2 Å². The molecule has 4 rings (SSSR count). The van der Waals surface area contributed by atoms with Gasteiger partial charge < -0.3 is 9.80 Å². The van der Waals surface area contributed by atoms with Gasteiger partial charge in [-0.05, 0) is 24.9 Å². The lowest BCUT2D eigenvalue weighted by Crippen LogP contribution is -2.64. The highest BCUT2D eigenvalue weighted by molar-refractivity contribution is 7.08. The van der Waals surface area contributed by atoms with Crippen LogP contribution in [0.4, 0.5) is 14.5 Å². The minimum atomic E-state index is -2.68. The van der Waals surface area contributed by atoms with Crippen LogP contribution in [-0.2, 0) is 9.59 Å². The van der Waals surface area contributed by atoms with Crippen LogP contribution in [0.25, 0.3) is 0 Å². The molecule has 5 nitrogen and oxygen atoms in total. The number of thiophene rings is 1. The molecule has 3 aliphatic rings. The van der Waals surface area contributed by atoms with Crippen LogP contribution in [0.5, 0.6) is 0 Å². The van der Waals surface area contributed by atoms with E-state index in [1.165, 1.54) is 0 Å². The molecule has 1 spiro atoms. The zero-order chi connectivity index (χ0) is 17.8. The first-order valence-corrected chi connectivity index (χ1v) is 9.44. The standard InChI is InChI=1S/C17H21F2N3O2S/c1-20-8-14(23)22(13-2-5-25-9-13)11-16(20)3-4-21(10-16)15(24)12-6-17(18,19)7-12/h2,5,9,12H,3-4,6-8,10-11H2,1H3. The van der Waals surface area contributed by atoms with E-state index in [4.69, 9.17) is 0 Å². The van der Waals surface area contributed by atoms with Crippen molar-refractivity contribution in [3.63, 3.8) is 0 Å². The van der Waals surface area contributed by atoms with Crippen LogP contribution < -0.4 is 4.90 Å². The monoisotopic (exact) mass is 369 g/mol. The van der Waals surface area contributed by atoms with Gasteiger partial charge in [-0.15, -0.1) is 0 Å². The number of carbonyl (C=O) groups excluding carboxylic acids is 2. The van der Waals surface area contributed by atoms with Gasteiger partial charge in [0, 0.05) is 43.8 Å². The van der Waals surface area contributed by atoms with Crippen molar-refractivity contribution < 1.29 is 18.4 Å². The van der Waals surface area contributed by atoms with E-state index in [1.54, 1.807) is 21.1 Å². The number of likely N-dealkylation sites (tertiary alicyclic amines) is 1. The number of piperazine rings is 1. The third-order valence-electron chi connectivity index (χ3n) is 5.84. The molecule has 1 saturated carbocycles. The van der Waals surface area contributed by atoms with Crippen molar-refractivity contribution in [2.75, 3.05) is 38.1 Å². The first-order chi connectivity index (χ1) is 11.8. The summed E-state index contributed by atoms with van der Waals surface area (Å²) in [5.41, 5.74) is 0.600. The molecule has 1 aromatic heterocycles. The Hall–Kier alpha value is -1.54. The number of likely N-dealkylation sites (N-methyl/N-ethyl adjacent to an activating group) is 1. The van der Waals surface area contributed by atoms with Crippen LogP contribution in [0.3, 0.4) is 0 Å². The summed E-state index contributed by atoms with van der Waals surface area (Å²) in [6.45, 7) is 1.90. The van der Waals surface area contributed by atoms with Crippen molar-refractivity contribution in [3.05, 3.63) is 16.8 Å². The van der Waals surface area contributed by atoms with Crippen LogP contribution in [0.2, 0.25) is 0 Å². The number of nitrogens with zero attached hydrogens (tertiary/aromatic N) is 3. The maximum atomic E-state index is 13.1. The molecule has 2 saturated heterocycles. The number of hydrogen-bond donors (Lipinski definition) is 0. The summed E-state index contributed by atoms with van der Waals surface area (Å²) in [4.78, 5) is 30.5. The van der Waals surface area contributed by atoms with Crippen molar-refractivity contribution in [2.24, 2.45) is 5.92 Å². The van der Waals surface area contributed by atoms with Crippen molar-refractivity contribution in [3.8, 4) is 0 Å². The van der Waals surface area contributed by atoms with Gasteiger partial charge in [-0.3, -0.25) is 14.5 Å². The predicted octanol–water partition coefficient (Wildman–Crippen LogP) is 2.04. The second-order valence-electron chi connectivity index (χ2n) is 7.51. The maximum Gasteiger partial charge on any atom is 0.249 e. The molecule has 136 valence electrons. The van der Waals surface area contributed by atoms with Crippen LogP contribution in [-0.4, -0.2) is 66.3 Å². The van der Waals surface area contributed by atoms with Crippen molar-refractivity contribution in [1.29, 1.82) is 0 Å². The first-order valence-electron chi connectivity index (χ1n) is 8.50. The fraction of sp³-hybridized carbons (Fsp3) is 0.647. The van der Waals surface area contributed by atoms with Crippen LogP contribution in [0.1, 0.15) is 19.3 Å². The summed E-state index contributed by atoms with van der Waals surface area (Å²) in [6.07, 6.45) is 0.0989. The molecule has 1 aromatic rings. The second kappa shape index (κ2) is 5.74. The average molecular weight is 369 g/mol. The van der Waals surface area contributed by atoms with E-state index in [0.29, 0.717) is 26.2 Å². The molecule has 3 fully saturated rings. The predicted molar refractivity (Wildman–Crippen MR) is 90.9 cm³/mol. The van der Waals surface area contributed by atoms with Crippen LogP contribution in [0.15, 0.2) is 16.8 Å². The number of rotatable bonds is 2. The lowest BCUT2D eigenvalue weighted by atomic mass is 9.80. The summed E-state index contributed by atoms with van der Waals surface area (Å²) >= 11 is 1.54. The molecular weight excluding hydrogens is 348 g/mol. The lowest BCUT2D eigenvalue weighted by Gasteiger charge is -2.46. The molecular formula is C17H21F2N3O2S. The molecule has 25 heavy (non-hydrogen) atoms. The van der Waals surface area contributed by atoms with Gasteiger partial charge in [0.05, 0.1) is 17.8 Å². The molecule has 8 heteroatoms. The molecule has 1 aliphatic carbocycles. The van der Waals surface area contributed by atoms with Crippen LogP contribution in [0, 0.1) is 5.92 Å². The molecule has 3 heterocycles. The van der Waals surface area contributed by atoms with Gasteiger partial charge in [0.15, 0.2) is 0 Å². The highest BCUT2D eigenvalue weighted by Crippen LogP contribution is 2.44. The number of amides is 2. The molecule has 2 amide bonds. The van der Waals surface area contributed by atoms with Gasteiger partial charge in [-0.1, -0.05) is 0 Å². The summed E-state index contributed by atoms with van der Waals surface area (Å²) < 4.78 is 26.2. The Balaban J connectivity index is 1.48. The first kappa shape index (κ1) is 16.9. The van der Waals surface area contributed by atoms with E-state index in [9.17, 15) is 18.4 Å². The molecule has 1 atom stereocenters. The van der Waals surface area contributed by atoms with E-state index >= 15 is 0 Å². The number of halogens is 2. The van der Waals surface area contributed by atoms with Crippen LogP contribution >= 0.6 is 11.3 Å². The van der Waals surface area contributed by atoms with E-state index in [1.807, 2.05) is 28.8 Å². The number of carbonyl (C=O) groups is 2. The third kappa shape index (κ3) is 2.85. The van der Waals surface area contributed by atoms with Gasteiger partial charge >= 0.3 is 0 Å². The molecule has 0 radical (unpaired) electrons. The maximum absolute atomic E-state index is 13.1. The van der Waals surface area contributed by atoms with Crippen molar-refractivity contribution >= 4 is 28.8 Å². The Labute approximate surface area is 149 Å². The summed E-state index contributed by atoms with van der Waals surface area (Å²) in [7, 11) is 1.91. The molecule has 1 unspecified atom stereocenters. The normalized spacial score (nSPS) is 30.1. The minimum absolute atomic E-state index is 0.0509. The SMILES string of the molecule is CN1CC(=O)N(c2ccsc2)CC12CCN(C(=O)C1CC(F)(F)C1)C2. The van der Waals surface area contributed by atoms with E-state index < -0.39 is 11.8 Å². The molecule has 2 aliphatic heterocycles. The molecule has 0 N–H and O–H groups in total. The van der Waals surface area contributed by atoms with E-state index in [0.717, 1.165) is 12.1 Å². The zero-order valence-electron chi connectivity index (χ0n) is 14.1. The Morgan fingerprint density at radius 3 is 2.72 bits per heavy atom. The Bertz CT molecular complexity index is 688. The quantitative estimate of drug-likeness (QED) is 0.801. The zero-order valence-corrected chi connectivity index (χ0v) is 14.9. The average Bonchev–Trinajstić information content (AvgIpc) is 3.18. The van der Waals surface area contributed by atoms with E-state index in [2.05, 4.69) is 0 Å². The minimum Gasteiger partial charge on any atom is -0.340 e. The van der Waals surface area contributed by atoms with Gasteiger partial charge in [-0.25, -0.2) is 8.78 Å². The largest absolute Gasteiger partial charge is 0.340 e. The Morgan fingerprint density at radius 1 is 1.32 bits per heavy atom.